The first-order valence-corrected chi connectivity index (χ1v) is 10.6. The molecule has 1 aromatic heterocycles. The van der Waals surface area contributed by atoms with Crippen LogP contribution in [0.3, 0.4) is 0 Å². The van der Waals surface area contributed by atoms with Crippen LogP contribution in [0.25, 0.3) is 0 Å². The van der Waals surface area contributed by atoms with Gasteiger partial charge in [0.1, 0.15) is 17.2 Å². The minimum Gasteiger partial charge on any atom is -0.504 e. The first-order valence-electron chi connectivity index (χ1n) is 10.6. The van der Waals surface area contributed by atoms with Crippen LogP contribution in [-0.4, -0.2) is 35.0 Å². The van der Waals surface area contributed by atoms with Gasteiger partial charge in [0.25, 0.3) is 16.8 Å². The van der Waals surface area contributed by atoms with Crippen molar-refractivity contribution in [3.63, 3.8) is 0 Å². The molecule has 0 saturated carbocycles. The molecule has 33 heavy (non-hydrogen) atoms. The Morgan fingerprint density at radius 2 is 1.88 bits per heavy atom. The number of hydrogen-bond donors (Lipinski definition) is 3. The van der Waals surface area contributed by atoms with E-state index in [4.69, 9.17) is 0 Å². The van der Waals surface area contributed by atoms with Gasteiger partial charge in [0.15, 0.2) is 11.4 Å². The van der Waals surface area contributed by atoms with E-state index in [1.807, 2.05) is 19.9 Å². The third kappa shape index (κ3) is 3.73. The van der Waals surface area contributed by atoms with E-state index in [1.165, 1.54) is 37.3 Å². The van der Waals surface area contributed by atoms with E-state index >= 15 is 0 Å². The summed E-state index contributed by atoms with van der Waals surface area (Å²) in [6, 6.07) is 5.76. The lowest BCUT2D eigenvalue weighted by Gasteiger charge is -2.41. The molecule has 2 aromatic carbocycles. The molecule has 3 aromatic rings. The number of amides is 1. The zero-order chi connectivity index (χ0) is 24.1. The Morgan fingerprint density at radius 1 is 1.18 bits per heavy atom. The zero-order valence-electron chi connectivity index (χ0n) is 18.8. The molecule has 172 valence electrons. The SMILES string of the molecule is CN(C)C(=O)c1nccc(Nc2c(N[C@@H]3c4c(F)cccc4CCC3(C)C)c(=O)c2=O)c1O. The lowest BCUT2D eigenvalue weighted by molar-refractivity contribution is 0.0819. The monoisotopic (exact) mass is 452 g/mol. The van der Waals surface area contributed by atoms with Crippen LogP contribution in [0.15, 0.2) is 40.1 Å². The summed E-state index contributed by atoms with van der Waals surface area (Å²) in [7, 11) is 3.04. The van der Waals surface area contributed by atoms with Gasteiger partial charge in [-0.15, -0.1) is 0 Å². The molecule has 1 heterocycles. The molecule has 4 rings (SSSR count). The van der Waals surface area contributed by atoms with Crippen molar-refractivity contribution in [1.82, 2.24) is 9.88 Å². The number of fused-ring (bicyclic) bond motifs is 1. The molecule has 0 radical (unpaired) electrons. The van der Waals surface area contributed by atoms with Crippen LogP contribution in [0.4, 0.5) is 21.5 Å². The third-order valence-corrected chi connectivity index (χ3v) is 6.24. The number of nitrogens with zero attached hydrogens (tertiary/aromatic N) is 2. The number of rotatable bonds is 5. The Bertz CT molecular complexity index is 1320. The summed E-state index contributed by atoms with van der Waals surface area (Å²) in [6.45, 7) is 3.96. The second kappa shape index (κ2) is 7.99. The molecule has 0 unspecified atom stereocenters. The third-order valence-electron chi connectivity index (χ3n) is 6.24. The number of hydrogen-bond acceptors (Lipinski definition) is 7. The summed E-state index contributed by atoms with van der Waals surface area (Å²) in [5, 5.41) is 16.4. The van der Waals surface area contributed by atoms with Crippen molar-refractivity contribution >= 4 is 23.0 Å². The summed E-state index contributed by atoms with van der Waals surface area (Å²) in [4.78, 5) is 42.2. The Balaban J connectivity index is 1.71. The number of aryl methyl sites for hydroxylation is 1. The average Bonchev–Trinajstić information content (AvgIpc) is 2.77. The van der Waals surface area contributed by atoms with Crippen LogP contribution in [0, 0.1) is 11.2 Å². The molecule has 1 amide bonds. The highest BCUT2D eigenvalue weighted by Gasteiger charge is 2.39. The number of aromatic nitrogens is 1. The predicted octanol–water partition coefficient (Wildman–Crippen LogP) is 3.09. The minimum atomic E-state index is -0.767. The minimum absolute atomic E-state index is 0.0193. The van der Waals surface area contributed by atoms with E-state index < -0.39 is 34.0 Å². The fourth-order valence-electron chi connectivity index (χ4n) is 4.23. The number of benzene rings is 1. The van der Waals surface area contributed by atoms with Gasteiger partial charge in [0.05, 0.1) is 11.7 Å². The van der Waals surface area contributed by atoms with Gasteiger partial charge in [-0.25, -0.2) is 9.37 Å². The number of halogens is 1. The lowest BCUT2D eigenvalue weighted by atomic mass is 9.70. The molecule has 0 saturated heterocycles. The molecule has 0 bridgehead atoms. The number of anilines is 3. The molecular formula is C24H25FN4O4. The topological polar surface area (TPSA) is 112 Å². The van der Waals surface area contributed by atoms with Crippen molar-refractivity contribution in [2.75, 3.05) is 24.7 Å². The summed E-state index contributed by atoms with van der Waals surface area (Å²) in [6.07, 6.45) is 2.79. The molecule has 3 N–H and O–H groups in total. The highest BCUT2D eigenvalue weighted by molar-refractivity contribution is 5.97. The van der Waals surface area contributed by atoms with E-state index in [0.717, 1.165) is 12.0 Å². The Morgan fingerprint density at radius 3 is 2.58 bits per heavy atom. The van der Waals surface area contributed by atoms with E-state index in [9.17, 15) is 23.9 Å². The van der Waals surface area contributed by atoms with Crippen molar-refractivity contribution in [1.29, 1.82) is 0 Å². The molecule has 1 aliphatic carbocycles. The van der Waals surface area contributed by atoms with Crippen LogP contribution in [-0.2, 0) is 6.42 Å². The van der Waals surface area contributed by atoms with Crippen LogP contribution >= 0.6 is 0 Å². The molecule has 9 heteroatoms. The normalized spacial score (nSPS) is 16.8. The first-order chi connectivity index (χ1) is 15.5. The number of carbonyl (C=O) groups is 1. The van der Waals surface area contributed by atoms with E-state index in [-0.39, 0.29) is 28.6 Å². The molecular weight excluding hydrogens is 427 g/mol. The quantitative estimate of drug-likeness (QED) is 0.510. The summed E-state index contributed by atoms with van der Waals surface area (Å²) in [5.41, 5.74) is -0.711. The van der Waals surface area contributed by atoms with Gasteiger partial charge in [-0.1, -0.05) is 26.0 Å². The standard InChI is InChI=1S/C24H25FN4O4/c1-24(2)10-8-12-6-5-7-13(25)15(12)22(24)28-17-16(20(31)21(17)32)27-14-9-11-26-18(19(14)30)23(33)29(3)4/h5-7,9,11,22,28,30H,8,10H2,1-4H3,(H,26,27)/t22-/m1/s1. The van der Waals surface area contributed by atoms with Gasteiger partial charge in [0.2, 0.25) is 0 Å². The Labute approximate surface area is 189 Å². The van der Waals surface area contributed by atoms with E-state index in [2.05, 4.69) is 15.6 Å². The van der Waals surface area contributed by atoms with Gasteiger partial charge in [-0.3, -0.25) is 14.4 Å². The van der Waals surface area contributed by atoms with Crippen molar-refractivity contribution < 1.29 is 14.3 Å². The Kier molecular flexibility index (Phi) is 5.43. The zero-order valence-corrected chi connectivity index (χ0v) is 18.8. The van der Waals surface area contributed by atoms with Crippen LogP contribution in [0.1, 0.15) is 47.9 Å². The highest BCUT2D eigenvalue weighted by atomic mass is 19.1. The smallest absolute Gasteiger partial charge is 0.275 e. The maximum absolute atomic E-state index is 14.8. The van der Waals surface area contributed by atoms with Crippen LogP contribution in [0.2, 0.25) is 0 Å². The van der Waals surface area contributed by atoms with Crippen molar-refractivity contribution in [3.8, 4) is 5.75 Å². The van der Waals surface area contributed by atoms with E-state index in [1.54, 1.807) is 6.07 Å². The second-order valence-electron chi connectivity index (χ2n) is 9.17. The van der Waals surface area contributed by atoms with Gasteiger partial charge in [-0.05, 0) is 36.0 Å². The first kappa shape index (κ1) is 22.4. The lowest BCUT2D eigenvalue weighted by Crippen LogP contribution is -2.41. The summed E-state index contributed by atoms with van der Waals surface area (Å²) < 4.78 is 14.8. The largest absolute Gasteiger partial charge is 0.504 e. The number of nitrogens with one attached hydrogen (secondary N) is 2. The van der Waals surface area contributed by atoms with Gasteiger partial charge < -0.3 is 20.6 Å². The fraction of sp³-hybridized carbons (Fsp3) is 0.333. The Hall–Kier alpha value is -3.75. The molecule has 1 aliphatic rings. The molecule has 0 fully saturated rings. The predicted molar refractivity (Wildman–Crippen MR) is 123 cm³/mol. The number of aromatic hydroxyl groups is 1. The summed E-state index contributed by atoms with van der Waals surface area (Å²) in [5.74, 6) is -1.33. The van der Waals surface area contributed by atoms with Crippen molar-refractivity contribution in [2.24, 2.45) is 5.41 Å². The maximum Gasteiger partial charge on any atom is 0.275 e. The maximum atomic E-state index is 14.8. The summed E-state index contributed by atoms with van der Waals surface area (Å²) >= 11 is 0. The molecule has 0 spiro atoms. The fourth-order valence-corrected chi connectivity index (χ4v) is 4.23. The van der Waals surface area contributed by atoms with Gasteiger partial charge in [0, 0.05) is 25.9 Å². The molecule has 1 atom stereocenters. The number of pyridine rings is 1. The average molecular weight is 452 g/mol. The van der Waals surface area contributed by atoms with Crippen LogP contribution < -0.4 is 21.5 Å². The second-order valence-corrected chi connectivity index (χ2v) is 9.17. The van der Waals surface area contributed by atoms with Gasteiger partial charge >= 0.3 is 0 Å². The van der Waals surface area contributed by atoms with Crippen molar-refractivity contribution in [3.05, 3.63) is 73.5 Å². The van der Waals surface area contributed by atoms with Gasteiger partial charge in [-0.2, -0.15) is 0 Å². The highest BCUT2D eigenvalue weighted by Crippen LogP contribution is 2.46. The van der Waals surface area contributed by atoms with Crippen LogP contribution in [0.5, 0.6) is 5.75 Å². The van der Waals surface area contributed by atoms with E-state index in [0.29, 0.717) is 12.0 Å². The molecule has 0 aliphatic heterocycles. The van der Waals surface area contributed by atoms with Crippen molar-refractivity contribution in [2.45, 2.75) is 32.7 Å². The molecule has 8 nitrogen and oxygen atoms in total. The number of carbonyl (C=O) groups excluding carboxylic acids is 1.